The van der Waals surface area contributed by atoms with Crippen molar-refractivity contribution in [3.05, 3.63) is 28.7 Å². The number of amides is 1. The van der Waals surface area contributed by atoms with Crippen LogP contribution >= 0.6 is 24.0 Å². The lowest BCUT2D eigenvalue weighted by molar-refractivity contribution is -0.147. The number of thiocarbonyl (C=S) groups is 1. The molecule has 2 rings (SSSR count). The van der Waals surface area contributed by atoms with Crippen LogP contribution in [0.1, 0.15) is 19.4 Å². The molecule has 8 heteroatoms. The second-order valence-corrected chi connectivity index (χ2v) is 6.77. The predicted molar refractivity (Wildman–Crippen MR) is 101 cm³/mol. The Morgan fingerprint density at radius 2 is 2.08 bits per heavy atom. The molecule has 0 aromatic heterocycles. The molecule has 0 N–H and O–H groups in total. The third-order valence-corrected chi connectivity index (χ3v) is 4.87. The van der Waals surface area contributed by atoms with Crippen molar-refractivity contribution in [2.45, 2.75) is 19.9 Å². The second-order valence-electron chi connectivity index (χ2n) is 5.09. The third kappa shape index (κ3) is 4.13. The first kappa shape index (κ1) is 19.3. The van der Waals surface area contributed by atoms with Crippen molar-refractivity contribution in [3.8, 4) is 11.5 Å². The summed E-state index contributed by atoms with van der Waals surface area (Å²) in [7, 11) is 2.83. The van der Waals surface area contributed by atoms with Gasteiger partial charge in [0.05, 0.1) is 25.7 Å². The van der Waals surface area contributed by atoms with Crippen molar-refractivity contribution < 1.29 is 23.8 Å². The van der Waals surface area contributed by atoms with Gasteiger partial charge in [0, 0.05) is 0 Å². The highest BCUT2D eigenvalue weighted by Gasteiger charge is 2.38. The molecular weight excluding hydrogens is 362 g/mol. The average Bonchev–Trinajstić information content (AvgIpc) is 2.88. The van der Waals surface area contributed by atoms with Crippen LogP contribution in [-0.2, 0) is 14.3 Å². The fraction of sp³-hybridized carbons (Fsp3) is 0.353. The summed E-state index contributed by atoms with van der Waals surface area (Å²) in [6, 6.07) is 4.62. The van der Waals surface area contributed by atoms with Crippen LogP contribution in [0.4, 0.5) is 0 Å². The van der Waals surface area contributed by atoms with E-state index in [-0.39, 0.29) is 5.91 Å². The van der Waals surface area contributed by atoms with Crippen LogP contribution in [0, 0.1) is 0 Å². The molecule has 1 unspecified atom stereocenters. The van der Waals surface area contributed by atoms with Gasteiger partial charge in [-0.25, -0.2) is 4.79 Å². The summed E-state index contributed by atoms with van der Waals surface area (Å²) in [5.41, 5.74) is 0.770. The Labute approximate surface area is 156 Å². The van der Waals surface area contributed by atoms with E-state index in [0.717, 1.165) is 17.3 Å². The standard InChI is InChI=1S/C17H19NO5S2/c1-5-23-12-7-6-11(8-13(12)21-3)9-14-15(19)18(17(24)25-14)10(2)16(20)22-4/h6-10H,5H2,1-4H3/b14-9-. The van der Waals surface area contributed by atoms with Crippen LogP contribution in [0.25, 0.3) is 6.08 Å². The number of hydrogen-bond acceptors (Lipinski definition) is 7. The Bertz CT molecular complexity index is 732. The number of nitrogens with zero attached hydrogens (tertiary/aromatic N) is 1. The summed E-state index contributed by atoms with van der Waals surface area (Å²) < 4.78 is 15.8. The molecule has 1 amide bonds. The van der Waals surface area contributed by atoms with Gasteiger partial charge in [-0.05, 0) is 37.6 Å². The minimum absolute atomic E-state index is 0.319. The van der Waals surface area contributed by atoms with Gasteiger partial charge >= 0.3 is 5.97 Å². The van der Waals surface area contributed by atoms with E-state index in [0.29, 0.717) is 27.3 Å². The molecular formula is C17H19NO5S2. The van der Waals surface area contributed by atoms with Gasteiger partial charge in [0.15, 0.2) is 11.5 Å². The minimum Gasteiger partial charge on any atom is -0.493 e. The monoisotopic (exact) mass is 381 g/mol. The minimum atomic E-state index is -0.765. The number of methoxy groups -OCH3 is 2. The number of rotatable bonds is 6. The van der Waals surface area contributed by atoms with E-state index in [1.807, 2.05) is 13.0 Å². The number of carbonyl (C=O) groups excluding carboxylic acids is 2. The zero-order chi connectivity index (χ0) is 18.6. The van der Waals surface area contributed by atoms with Crippen LogP contribution in [0.5, 0.6) is 11.5 Å². The molecule has 1 fully saturated rings. The Morgan fingerprint density at radius 3 is 2.68 bits per heavy atom. The van der Waals surface area contributed by atoms with Gasteiger partial charge < -0.3 is 14.2 Å². The van der Waals surface area contributed by atoms with Crippen molar-refractivity contribution in [2.24, 2.45) is 0 Å². The van der Waals surface area contributed by atoms with Gasteiger partial charge in [0.25, 0.3) is 5.91 Å². The molecule has 25 heavy (non-hydrogen) atoms. The lowest BCUT2D eigenvalue weighted by atomic mass is 10.1. The van der Waals surface area contributed by atoms with E-state index in [1.165, 1.54) is 12.0 Å². The number of carbonyl (C=O) groups is 2. The van der Waals surface area contributed by atoms with Crippen LogP contribution < -0.4 is 9.47 Å². The van der Waals surface area contributed by atoms with Crippen LogP contribution in [-0.4, -0.2) is 48.0 Å². The Kier molecular flexibility index (Phi) is 6.44. The zero-order valence-corrected chi connectivity index (χ0v) is 16.0. The molecule has 1 atom stereocenters. The lowest BCUT2D eigenvalue weighted by Crippen LogP contribution is -2.42. The van der Waals surface area contributed by atoms with Crippen molar-refractivity contribution in [1.29, 1.82) is 0 Å². The Hall–Kier alpha value is -2.06. The Balaban J connectivity index is 2.29. The summed E-state index contributed by atoms with van der Waals surface area (Å²) in [5, 5.41) is 0. The topological polar surface area (TPSA) is 65.1 Å². The molecule has 0 spiro atoms. The van der Waals surface area contributed by atoms with Crippen molar-refractivity contribution >= 4 is 46.3 Å². The maximum atomic E-state index is 12.6. The van der Waals surface area contributed by atoms with Gasteiger partial charge in [-0.2, -0.15) is 0 Å². The number of thioether (sulfide) groups is 1. The fourth-order valence-electron chi connectivity index (χ4n) is 2.29. The van der Waals surface area contributed by atoms with Crippen molar-refractivity contribution in [1.82, 2.24) is 4.90 Å². The van der Waals surface area contributed by atoms with E-state index in [1.54, 1.807) is 32.2 Å². The highest BCUT2D eigenvalue weighted by Crippen LogP contribution is 2.35. The zero-order valence-electron chi connectivity index (χ0n) is 14.4. The molecule has 1 heterocycles. The highest BCUT2D eigenvalue weighted by molar-refractivity contribution is 8.26. The summed E-state index contributed by atoms with van der Waals surface area (Å²) in [6.45, 7) is 4.00. The van der Waals surface area contributed by atoms with Crippen molar-refractivity contribution in [2.75, 3.05) is 20.8 Å². The number of ether oxygens (including phenoxy) is 3. The summed E-state index contributed by atoms with van der Waals surface area (Å²) in [4.78, 5) is 26.0. The first-order chi connectivity index (χ1) is 11.9. The van der Waals surface area contributed by atoms with Crippen LogP contribution in [0.3, 0.4) is 0 Å². The summed E-state index contributed by atoms with van der Waals surface area (Å²) >= 11 is 6.38. The molecule has 0 bridgehead atoms. The van der Waals surface area contributed by atoms with E-state index >= 15 is 0 Å². The molecule has 0 aliphatic carbocycles. The first-order valence-electron chi connectivity index (χ1n) is 7.58. The van der Waals surface area contributed by atoms with E-state index < -0.39 is 12.0 Å². The summed E-state index contributed by atoms with van der Waals surface area (Å²) in [5.74, 6) is 0.379. The quantitative estimate of drug-likeness (QED) is 0.426. The number of esters is 1. The van der Waals surface area contributed by atoms with Gasteiger partial charge in [-0.3, -0.25) is 9.69 Å². The smallest absolute Gasteiger partial charge is 0.328 e. The van der Waals surface area contributed by atoms with E-state index in [2.05, 4.69) is 4.74 Å². The molecule has 1 aromatic carbocycles. The van der Waals surface area contributed by atoms with E-state index in [9.17, 15) is 9.59 Å². The lowest BCUT2D eigenvalue weighted by Gasteiger charge is -2.20. The highest BCUT2D eigenvalue weighted by atomic mass is 32.2. The SMILES string of the molecule is CCOc1ccc(/C=C2\SC(=S)N(C(C)C(=O)OC)C2=O)cc1OC. The Morgan fingerprint density at radius 1 is 1.36 bits per heavy atom. The predicted octanol–water partition coefficient (Wildman–Crippen LogP) is 2.86. The molecule has 1 aliphatic heterocycles. The molecule has 0 saturated carbocycles. The van der Waals surface area contributed by atoms with Crippen LogP contribution in [0.15, 0.2) is 23.1 Å². The molecule has 1 aliphatic rings. The third-order valence-electron chi connectivity index (χ3n) is 3.54. The van der Waals surface area contributed by atoms with Crippen molar-refractivity contribution in [3.63, 3.8) is 0 Å². The summed E-state index contributed by atoms with van der Waals surface area (Å²) in [6.07, 6.45) is 1.71. The van der Waals surface area contributed by atoms with Gasteiger partial charge in [-0.15, -0.1) is 0 Å². The number of hydrogen-bond donors (Lipinski definition) is 0. The molecule has 134 valence electrons. The molecule has 1 saturated heterocycles. The second kappa shape index (κ2) is 8.35. The fourth-order valence-corrected chi connectivity index (χ4v) is 3.71. The molecule has 6 nitrogen and oxygen atoms in total. The van der Waals surface area contributed by atoms with Crippen LogP contribution in [0.2, 0.25) is 0 Å². The maximum Gasteiger partial charge on any atom is 0.328 e. The first-order valence-corrected chi connectivity index (χ1v) is 8.81. The van der Waals surface area contributed by atoms with E-state index in [4.69, 9.17) is 21.7 Å². The average molecular weight is 381 g/mol. The normalized spacial score (nSPS) is 17.0. The maximum absolute atomic E-state index is 12.6. The molecule has 0 radical (unpaired) electrons. The van der Waals surface area contributed by atoms with Gasteiger partial charge in [-0.1, -0.05) is 30.0 Å². The van der Waals surface area contributed by atoms with Gasteiger partial charge in [0.2, 0.25) is 0 Å². The largest absolute Gasteiger partial charge is 0.493 e. The van der Waals surface area contributed by atoms with Gasteiger partial charge in [0.1, 0.15) is 10.4 Å². The number of benzene rings is 1. The molecule has 1 aromatic rings.